The highest BCUT2D eigenvalue weighted by molar-refractivity contribution is 14.0. The molecule has 0 unspecified atom stereocenters. The number of nitrogens with two attached hydrogens (primary N) is 2. The van der Waals surface area contributed by atoms with Crippen molar-refractivity contribution in [2.75, 3.05) is 39.4 Å². The molecule has 1 aliphatic rings. The van der Waals surface area contributed by atoms with Gasteiger partial charge in [0, 0.05) is 19.6 Å². The number of guanidine groups is 1. The lowest BCUT2D eigenvalue weighted by Crippen LogP contribution is -2.39. The van der Waals surface area contributed by atoms with Crippen molar-refractivity contribution in [3.8, 4) is 0 Å². The van der Waals surface area contributed by atoms with Crippen molar-refractivity contribution in [3.05, 3.63) is 29.8 Å². The Hall–Kier alpha value is -0.950. The number of hydrogen-bond donors (Lipinski definition) is 3. The Morgan fingerprint density at radius 3 is 2.72 bits per heavy atom. The second-order valence-corrected chi connectivity index (χ2v) is 7.19. The van der Waals surface area contributed by atoms with E-state index < -0.39 is 10.0 Å². The molecular weight excluding hydrogens is 457 g/mol. The van der Waals surface area contributed by atoms with Crippen LogP contribution in [0, 0.1) is 0 Å². The van der Waals surface area contributed by atoms with Gasteiger partial charge in [-0.1, -0.05) is 12.1 Å². The van der Waals surface area contributed by atoms with Crippen LogP contribution < -0.4 is 16.2 Å². The Morgan fingerprint density at radius 2 is 2.04 bits per heavy atom. The molecule has 1 aromatic carbocycles. The molecular formula is C15H26IN5O3S. The Labute approximate surface area is 166 Å². The number of hydrogen-bond acceptors (Lipinski definition) is 5. The molecule has 1 aliphatic heterocycles. The topological polar surface area (TPSA) is 123 Å². The molecule has 1 heterocycles. The number of primary sulfonamides is 1. The minimum absolute atomic E-state index is 0. The number of benzene rings is 1. The summed E-state index contributed by atoms with van der Waals surface area (Å²) in [6.45, 7) is 5.59. The van der Waals surface area contributed by atoms with E-state index in [4.69, 9.17) is 15.6 Å². The van der Waals surface area contributed by atoms with Gasteiger partial charge in [-0.25, -0.2) is 18.5 Å². The molecule has 0 spiro atoms. The number of sulfonamides is 1. The molecule has 10 heteroatoms. The van der Waals surface area contributed by atoms with Crippen molar-refractivity contribution in [1.29, 1.82) is 0 Å². The third kappa shape index (κ3) is 8.31. The van der Waals surface area contributed by atoms with Crippen LogP contribution in [0.15, 0.2) is 34.2 Å². The summed E-state index contributed by atoms with van der Waals surface area (Å²) in [5.74, 6) is 0.345. The van der Waals surface area contributed by atoms with E-state index in [1.165, 1.54) is 12.1 Å². The second-order valence-electron chi connectivity index (χ2n) is 5.63. The van der Waals surface area contributed by atoms with E-state index in [9.17, 15) is 8.42 Å². The van der Waals surface area contributed by atoms with E-state index in [1.807, 2.05) is 0 Å². The molecule has 0 amide bonds. The molecule has 1 saturated heterocycles. The first-order valence-electron chi connectivity index (χ1n) is 7.91. The molecule has 0 aromatic heterocycles. The molecule has 0 radical (unpaired) electrons. The van der Waals surface area contributed by atoms with Crippen LogP contribution in [0.3, 0.4) is 0 Å². The highest BCUT2D eigenvalue weighted by Crippen LogP contribution is 2.10. The van der Waals surface area contributed by atoms with Crippen LogP contribution in [0.25, 0.3) is 0 Å². The summed E-state index contributed by atoms with van der Waals surface area (Å²) in [5, 5.41) is 8.18. The molecule has 5 N–H and O–H groups in total. The first-order chi connectivity index (χ1) is 11.4. The summed E-state index contributed by atoms with van der Waals surface area (Å²) < 4.78 is 27.9. The van der Waals surface area contributed by atoms with Crippen molar-refractivity contribution in [2.45, 2.75) is 17.9 Å². The number of halogens is 1. The lowest BCUT2D eigenvalue weighted by Gasteiger charge is -2.26. The van der Waals surface area contributed by atoms with E-state index in [0.29, 0.717) is 12.5 Å². The van der Waals surface area contributed by atoms with Gasteiger partial charge in [0.2, 0.25) is 10.0 Å². The van der Waals surface area contributed by atoms with Crippen molar-refractivity contribution < 1.29 is 13.2 Å². The maximum atomic E-state index is 11.3. The number of morpholine rings is 1. The fraction of sp³-hybridized carbons (Fsp3) is 0.533. The van der Waals surface area contributed by atoms with E-state index >= 15 is 0 Å². The van der Waals surface area contributed by atoms with Crippen LogP contribution in [-0.2, 0) is 21.3 Å². The minimum atomic E-state index is -3.70. The number of nitrogens with zero attached hydrogens (tertiary/aromatic N) is 2. The predicted octanol–water partition coefficient (Wildman–Crippen LogP) is 0.0786. The largest absolute Gasteiger partial charge is 0.379 e. The smallest absolute Gasteiger partial charge is 0.238 e. The third-order valence-corrected chi connectivity index (χ3v) is 4.63. The maximum absolute atomic E-state index is 11.3. The summed E-state index contributed by atoms with van der Waals surface area (Å²) >= 11 is 0. The van der Waals surface area contributed by atoms with Gasteiger partial charge < -0.3 is 15.8 Å². The van der Waals surface area contributed by atoms with Crippen molar-refractivity contribution in [3.63, 3.8) is 0 Å². The fourth-order valence-corrected chi connectivity index (χ4v) is 2.98. The molecule has 1 aromatic rings. The normalized spacial score (nSPS) is 16.3. The highest BCUT2D eigenvalue weighted by atomic mass is 127. The molecule has 142 valence electrons. The average Bonchev–Trinajstić information content (AvgIpc) is 2.57. The van der Waals surface area contributed by atoms with Crippen LogP contribution >= 0.6 is 24.0 Å². The Balaban J connectivity index is 0.00000312. The molecule has 25 heavy (non-hydrogen) atoms. The molecule has 8 nitrogen and oxygen atoms in total. The van der Waals surface area contributed by atoms with Crippen LogP contribution in [0.4, 0.5) is 0 Å². The minimum Gasteiger partial charge on any atom is -0.379 e. The van der Waals surface area contributed by atoms with Gasteiger partial charge >= 0.3 is 0 Å². The SMILES string of the molecule is I.NC(=NCc1cccc(S(N)(=O)=O)c1)NCCCN1CCOCC1. The quantitative estimate of drug-likeness (QED) is 0.219. The summed E-state index contributed by atoms with van der Waals surface area (Å²) in [6.07, 6.45) is 0.969. The van der Waals surface area contributed by atoms with Gasteiger partial charge in [-0.15, -0.1) is 24.0 Å². The Bertz CT molecular complexity index is 663. The summed E-state index contributed by atoms with van der Waals surface area (Å²) in [7, 11) is -3.70. The predicted molar refractivity (Wildman–Crippen MR) is 108 cm³/mol. The monoisotopic (exact) mass is 483 g/mol. The zero-order chi connectivity index (χ0) is 17.4. The third-order valence-electron chi connectivity index (χ3n) is 3.72. The fourth-order valence-electron chi connectivity index (χ4n) is 2.40. The highest BCUT2D eigenvalue weighted by Gasteiger charge is 2.09. The second kappa shape index (κ2) is 10.9. The van der Waals surface area contributed by atoms with E-state index in [0.717, 1.165) is 51.4 Å². The van der Waals surface area contributed by atoms with Gasteiger partial charge in [0.15, 0.2) is 5.96 Å². The van der Waals surface area contributed by atoms with Gasteiger partial charge in [0.25, 0.3) is 0 Å². The van der Waals surface area contributed by atoms with E-state index in [-0.39, 0.29) is 28.9 Å². The van der Waals surface area contributed by atoms with Crippen LogP contribution in [-0.4, -0.2) is 58.7 Å². The lowest BCUT2D eigenvalue weighted by atomic mass is 10.2. The maximum Gasteiger partial charge on any atom is 0.238 e. The van der Waals surface area contributed by atoms with Gasteiger partial charge in [0.05, 0.1) is 24.7 Å². The van der Waals surface area contributed by atoms with Crippen molar-refractivity contribution >= 4 is 40.0 Å². The molecule has 2 rings (SSSR count). The standard InChI is InChI=1S/C15H25N5O3S.HI/c16-15(18-5-2-6-20-7-9-23-10-8-20)19-12-13-3-1-4-14(11-13)24(17,21)22;/h1,3-4,11H,2,5-10,12H2,(H3,16,18,19)(H2,17,21,22);1H. The zero-order valence-corrected chi connectivity index (χ0v) is 17.2. The molecule has 0 saturated carbocycles. The van der Waals surface area contributed by atoms with Crippen molar-refractivity contribution in [1.82, 2.24) is 10.2 Å². The summed E-state index contributed by atoms with van der Waals surface area (Å²) in [4.78, 5) is 6.65. The molecule has 0 atom stereocenters. The van der Waals surface area contributed by atoms with Crippen LogP contribution in [0.5, 0.6) is 0 Å². The number of nitrogens with one attached hydrogen (secondary N) is 1. The number of ether oxygens (including phenoxy) is 1. The van der Waals surface area contributed by atoms with Gasteiger partial charge in [-0.05, 0) is 30.7 Å². The van der Waals surface area contributed by atoms with Crippen LogP contribution in [0.2, 0.25) is 0 Å². The molecule has 0 bridgehead atoms. The van der Waals surface area contributed by atoms with Gasteiger partial charge in [-0.3, -0.25) is 4.90 Å². The summed E-state index contributed by atoms with van der Waals surface area (Å²) in [5.41, 5.74) is 6.56. The van der Waals surface area contributed by atoms with Crippen molar-refractivity contribution in [2.24, 2.45) is 15.9 Å². The number of rotatable bonds is 7. The Morgan fingerprint density at radius 1 is 1.32 bits per heavy atom. The van der Waals surface area contributed by atoms with Gasteiger partial charge in [0.1, 0.15) is 0 Å². The molecule has 0 aliphatic carbocycles. The first kappa shape index (κ1) is 22.1. The zero-order valence-electron chi connectivity index (χ0n) is 14.1. The first-order valence-corrected chi connectivity index (χ1v) is 9.45. The molecule has 1 fully saturated rings. The number of aliphatic imine (C=N–C) groups is 1. The van der Waals surface area contributed by atoms with Crippen LogP contribution in [0.1, 0.15) is 12.0 Å². The summed E-state index contributed by atoms with van der Waals surface area (Å²) in [6, 6.07) is 6.38. The Kier molecular flexibility index (Phi) is 9.64. The van der Waals surface area contributed by atoms with E-state index in [1.54, 1.807) is 12.1 Å². The van der Waals surface area contributed by atoms with E-state index in [2.05, 4.69) is 15.2 Å². The lowest BCUT2D eigenvalue weighted by molar-refractivity contribution is 0.0376. The average molecular weight is 483 g/mol. The van der Waals surface area contributed by atoms with Gasteiger partial charge in [-0.2, -0.15) is 0 Å².